The van der Waals surface area contributed by atoms with E-state index in [2.05, 4.69) is 6.92 Å². The van der Waals surface area contributed by atoms with Crippen molar-refractivity contribution in [3.05, 3.63) is 0 Å². The first kappa shape index (κ1) is 12.6. The Labute approximate surface area is 81.9 Å². The van der Waals surface area contributed by atoms with Crippen LogP contribution in [0.25, 0.3) is 0 Å². The van der Waals surface area contributed by atoms with Crippen LogP contribution in [0.3, 0.4) is 0 Å². The van der Waals surface area contributed by atoms with E-state index in [0.29, 0.717) is 6.42 Å². The highest BCUT2D eigenvalue weighted by atomic mass is 16.1. The van der Waals surface area contributed by atoms with Gasteiger partial charge in [0.1, 0.15) is 5.78 Å². The number of carbonyl (C=O) groups excluding carboxylic acids is 1. The number of Topliss-reactive ketones (excluding diaryl/α,β-unsaturated/α-hetero) is 1. The summed E-state index contributed by atoms with van der Waals surface area (Å²) in [6, 6.07) is 0. The molecule has 0 heterocycles. The van der Waals surface area contributed by atoms with E-state index in [1.807, 2.05) is 0 Å². The molecule has 0 aliphatic heterocycles. The van der Waals surface area contributed by atoms with Crippen molar-refractivity contribution in [3.63, 3.8) is 0 Å². The van der Waals surface area contributed by atoms with Crippen molar-refractivity contribution in [3.8, 4) is 0 Å². The van der Waals surface area contributed by atoms with Crippen molar-refractivity contribution >= 4 is 5.78 Å². The topological polar surface area (TPSA) is 43.1 Å². The van der Waals surface area contributed by atoms with E-state index in [4.69, 9.17) is 5.73 Å². The summed E-state index contributed by atoms with van der Waals surface area (Å²) in [5, 5.41) is 0. The summed E-state index contributed by atoms with van der Waals surface area (Å²) in [7, 11) is 0. The molecule has 0 unspecified atom stereocenters. The summed E-state index contributed by atoms with van der Waals surface area (Å²) < 4.78 is 0. The van der Waals surface area contributed by atoms with Gasteiger partial charge in [-0.25, -0.2) is 0 Å². The molecule has 0 aromatic carbocycles. The standard InChI is InChI=1S/C11H23NO/c1-2-3-4-5-6-7-8-9-11(13)10-12/h2-10,12H2,1H3. The van der Waals surface area contributed by atoms with Gasteiger partial charge in [0.15, 0.2) is 0 Å². The van der Waals surface area contributed by atoms with Gasteiger partial charge in [0.05, 0.1) is 6.54 Å². The lowest BCUT2D eigenvalue weighted by atomic mass is 10.1. The van der Waals surface area contributed by atoms with Crippen molar-refractivity contribution < 1.29 is 4.79 Å². The molecule has 0 atom stereocenters. The van der Waals surface area contributed by atoms with Crippen LogP contribution < -0.4 is 5.73 Å². The number of carbonyl (C=O) groups is 1. The largest absolute Gasteiger partial charge is 0.324 e. The number of hydrogen-bond donors (Lipinski definition) is 1. The maximum atomic E-state index is 10.8. The van der Waals surface area contributed by atoms with Gasteiger partial charge in [-0.2, -0.15) is 0 Å². The van der Waals surface area contributed by atoms with Crippen molar-refractivity contribution in [2.45, 2.75) is 58.3 Å². The summed E-state index contributed by atoms with van der Waals surface area (Å²) in [4.78, 5) is 10.8. The lowest BCUT2D eigenvalue weighted by Crippen LogP contribution is -2.12. The van der Waals surface area contributed by atoms with Crippen LogP contribution in [0.5, 0.6) is 0 Å². The number of unbranched alkanes of at least 4 members (excludes halogenated alkanes) is 6. The average Bonchev–Trinajstić information content (AvgIpc) is 2.16. The van der Waals surface area contributed by atoms with Crippen LogP contribution in [0.1, 0.15) is 58.3 Å². The van der Waals surface area contributed by atoms with E-state index in [1.54, 1.807) is 0 Å². The molecule has 0 spiro atoms. The number of ketones is 1. The smallest absolute Gasteiger partial charge is 0.146 e. The summed E-state index contributed by atoms with van der Waals surface area (Å²) >= 11 is 0. The lowest BCUT2D eigenvalue weighted by Gasteiger charge is -1.99. The third kappa shape index (κ3) is 9.54. The van der Waals surface area contributed by atoms with E-state index < -0.39 is 0 Å². The molecule has 0 aromatic heterocycles. The molecular weight excluding hydrogens is 162 g/mol. The number of hydrogen-bond acceptors (Lipinski definition) is 2. The molecule has 2 heteroatoms. The second kappa shape index (κ2) is 9.72. The fourth-order valence-corrected chi connectivity index (χ4v) is 1.38. The minimum Gasteiger partial charge on any atom is -0.324 e. The minimum absolute atomic E-state index is 0.202. The molecule has 0 aliphatic rings. The Balaban J connectivity index is 2.95. The highest BCUT2D eigenvalue weighted by molar-refractivity contribution is 5.80. The molecule has 0 bridgehead atoms. The summed E-state index contributed by atoms with van der Waals surface area (Å²) in [6.45, 7) is 2.44. The summed E-state index contributed by atoms with van der Waals surface area (Å²) in [6.07, 6.45) is 9.50. The van der Waals surface area contributed by atoms with Gasteiger partial charge in [-0.3, -0.25) is 4.79 Å². The van der Waals surface area contributed by atoms with E-state index in [9.17, 15) is 4.79 Å². The van der Waals surface area contributed by atoms with E-state index in [1.165, 1.54) is 38.5 Å². The number of rotatable bonds is 9. The molecule has 78 valence electrons. The molecule has 0 aromatic rings. The molecule has 0 rings (SSSR count). The zero-order valence-electron chi connectivity index (χ0n) is 8.85. The Hall–Kier alpha value is -0.370. The first-order chi connectivity index (χ1) is 6.31. The van der Waals surface area contributed by atoms with Crippen LogP contribution in [0.2, 0.25) is 0 Å². The molecule has 2 nitrogen and oxygen atoms in total. The van der Waals surface area contributed by atoms with Crippen molar-refractivity contribution in [2.75, 3.05) is 6.54 Å². The van der Waals surface area contributed by atoms with Gasteiger partial charge in [0.2, 0.25) is 0 Å². The monoisotopic (exact) mass is 185 g/mol. The predicted octanol–water partition coefficient (Wildman–Crippen LogP) is 2.65. The minimum atomic E-state index is 0.202. The average molecular weight is 185 g/mol. The molecule has 0 aliphatic carbocycles. The normalized spacial score (nSPS) is 10.3. The van der Waals surface area contributed by atoms with Crippen LogP contribution in [0, 0.1) is 0 Å². The molecule has 0 saturated carbocycles. The predicted molar refractivity (Wildman–Crippen MR) is 56.7 cm³/mol. The first-order valence-electron chi connectivity index (χ1n) is 5.53. The zero-order chi connectivity index (χ0) is 9.94. The Bertz CT molecular complexity index is 123. The van der Waals surface area contributed by atoms with Gasteiger partial charge in [-0.1, -0.05) is 45.4 Å². The maximum Gasteiger partial charge on any atom is 0.146 e. The van der Waals surface area contributed by atoms with Crippen molar-refractivity contribution in [1.82, 2.24) is 0 Å². The lowest BCUT2D eigenvalue weighted by molar-refractivity contribution is -0.117. The summed E-state index contributed by atoms with van der Waals surface area (Å²) in [5.74, 6) is 0.202. The third-order valence-electron chi connectivity index (χ3n) is 2.29. The second-order valence-electron chi connectivity index (χ2n) is 3.61. The summed E-state index contributed by atoms with van der Waals surface area (Å²) in [5.41, 5.74) is 5.20. The van der Waals surface area contributed by atoms with Gasteiger partial charge in [-0.15, -0.1) is 0 Å². The SMILES string of the molecule is CCCCCCCCCC(=O)CN. The fourth-order valence-electron chi connectivity index (χ4n) is 1.38. The fraction of sp³-hybridized carbons (Fsp3) is 0.909. The number of nitrogens with two attached hydrogens (primary N) is 1. The molecule has 0 fully saturated rings. The Kier molecular flexibility index (Phi) is 9.44. The Morgan fingerprint density at radius 2 is 1.54 bits per heavy atom. The van der Waals surface area contributed by atoms with Gasteiger partial charge >= 0.3 is 0 Å². The van der Waals surface area contributed by atoms with Crippen LogP contribution >= 0.6 is 0 Å². The maximum absolute atomic E-state index is 10.8. The van der Waals surface area contributed by atoms with Crippen LogP contribution in [-0.2, 0) is 4.79 Å². The Morgan fingerprint density at radius 1 is 1.00 bits per heavy atom. The third-order valence-corrected chi connectivity index (χ3v) is 2.29. The quantitative estimate of drug-likeness (QED) is 0.561. The highest BCUT2D eigenvalue weighted by Gasteiger charge is 1.97. The molecule has 0 amide bonds. The van der Waals surface area contributed by atoms with E-state index >= 15 is 0 Å². The van der Waals surface area contributed by atoms with Crippen LogP contribution in [0.4, 0.5) is 0 Å². The molecule has 13 heavy (non-hydrogen) atoms. The highest BCUT2D eigenvalue weighted by Crippen LogP contribution is 2.08. The molecular formula is C11H23NO. The van der Waals surface area contributed by atoms with Crippen molar-refractivity contribution in [1.29, 1.82) is 0 Å². The van der Waals surface area contributed by atoms with Crippen LogP contribution in [-0.4, -0.2) is 12.3 Å². The van der Waals surface area contributed by atoms with Gasteiger partial charge < -0.3 is 5.73 Å². The molecule has 2 N–H and O–H groups in total. The molecule has 0 saturated heterocycles. The Morgan fingerprint density at radius 3 is 2.08 bits per heavy atom. The van der Waals surface area contributed by atoms with Crippen molar-refractivity contribution in [2.24, 2.45) is 5.73 Å². The van der Waals surface area contributed by atoms with E-state index in [0.717, 1.165) is 6.42 Å². The van der Waals surface area contributed by atoms with Crippen LogP contribution in [0.15, 0.2) is 0 Å². The first-order valence-corrected chi connectivity index (χ1v) is 5.53. The van der Waals surface area contributed by atoms with Gasteiger partial charge in [0.25, 0.3) is 0 Å². The van der Waals surface area contributed by atoms with Gasteiger partial charge in [-0.05, 0) is 6.42 Å². The van der Waals surface area contributed by atoms with Gasteiger partial charge in [0, 0.05) is 6.42 Å². The zero-order valence-corrected chi connectivity index (χ0v) is 8.85. The molecule has 0 radical (unpaired) electrons. The second-order valence-corrected chi connectivity index (χ2v) is 3.61. The van der Waals surface area contributed by atoms with E-state index in [-0.39, 0.29) is 12.3 Å².